The molecule has 0 saturated heterocycles. The van der Waals surface area contributed by atoms with Gasteiger partial charge in [0, 0.05) is 17.8 Å². The maximum absolute atomic E-state index is 12.7. The Morgan fingerprint density at radius 1 is 1.00 bits per heavy atom. The Kier molecular flexibility index (Phi) is 10.7. The number of sulfone groups is 1. The first-order chi connectivity index (χ1) is 16.5. The van der Waals surface area contributed by atoms with Crippen molar-refractivity contribution < 1.29 is 49.7 Å². The van der Waals surface area contributed by atoms with Crippen molar-refractivity contribution in [1.29, 1.82) is 0 Å². The van der Waals surface area contributed by atoms with E-state index in [4.69, 9.17) is 23.5 Å². The standard InChI is InChI=1S/C18H23N3O11S3/c1-12-8-13(19-11-35(25,26)27)4-5-14(12)20-21-15-9-17(29-3)18(10-16(15)28-2)34(23,24)7-6-30-33-32-31-22/h4-5,8-10,19,22H,6-7,11H2,1-3H3,(H,25,26,27)/b21-20+. The van der Waals surface area contributed by atoms with Gasteiger partial charge in [0.25, 0.3) is 10.1 Å². The Labute approximate surface area is 206 Å². The molecule has 17 heteroatoms. The first-order valence-corrected chi connectivity index (χ1v) is 13.4. The van der Waals surface area contributed by atoms with Gasteiger partial charge in [0.1, 0.15) is 28.0 Å². The minimum atomic E-state index is -4.18. The Hall–Kier alpha value is -2.51. The van der Waals surface area contributed by atoms with E-state index in [9.17, 15) is 16.8 Å². The molecule has 3 N–H and O–H groups in total. The molecule has 0 spiro atoms. The zero-order valence-electron chi connectivity index (χ0n) is 18.7. The van der Waals surface area contributed by atoms with Crippen molar-refractivity contribution in [2.45, 2.75) is 11.8 Å². The molecular weight excluding hydrogens is 530 g/mol. The Bertz CT molecular complexity index is 1250. The lowest BCUT2D eigenvalue weighted by Gasteiger charge is -2.13. The highest BCUT2D eigenvalue weighted by Crippen LogP contribution is 2.39. The lowest BCUT2D eigenvalue weighted by atomic mass is 10.2. The Morgan fingerprint density at radius 3 is 2.29 bits per heavy atom. The van der Waals surface area contributed by atoms with Crippen LogP contribution in [0.2, 0.25) is 0 Å². The van der Waals surface area contributed by atoms with Crippen molar-refractivity contribution in [1.82, 2.24) is 0 Å². The summed E-state index contributed by atoms with van der Waals surface area (Å²) in [6, 6.07) is 7.35. The van der Waals surface area contributed by atoms with E-state index >= 15 is 0 Å². The third-order valence-corrected chi connectivity index (χ3v) is 6.84. The number of methoxy groups -OCH3 is 2. The highest BCUT2D eigenvalue weighted by atomic mass is 32.2. The molecule has 0 aliphatic heterocycles. The van der Waals surface area contributed by atoms with Crippen molar-refractivity contribution in [3.63, 3.8) is 0 Å². The van der Waals surface area contributed by atoms with Crippen LogP contribution in [0.4, 0.5) is 17.1 Å². The molecule has 0 radical (unpaired) electrons. The summed E-state index contributed by atoms with van der Waals surface area (Å²) in [5.41, 5.74) is 1.74. The summed E-state index contributed by atoms with van der Waals surface area (Å²) in [5.74, 6) is -0.963. The van der Waals surface area contributed by atoms with Crippen LogP contribution in [0.5, 0.6) is 11.5 Å². The van der Waals surface area contributed by atoms with Crippen molar-refractivity contribution in [2.75, 3.05) is 37.8 Å². The first-order valence-electron chi connectivity index (χ1n) is 9.47. The normalized spacial score (nSPS) is 12.1. The molecule has 194 valence electrons. The van der Waals surface area contributed by atoms with E-state index in [-0.39, 0.29) is 41.0 Å². The number of benzene rings is 2. The van der Waals surface area contributed by atoms with Gasteiger partial charge in [-0.3, -0.25) is 8.74 Å². The summed E-state index contributed by atoms with van der Waals surface area (Å²) >= 11 is 0.257. The minimum Gasteiger partial charge on any atom is -0.495 e. The molecule has 0 bridgehead atoms. The molecule has 2 rings (SSSR count). The number of hydrogen-bond acceptors (Lipinski definition) is 14. The number of hydrogen-bond donors (Lipinski definition) is 3. The average molecular weight is 554 g/mol. The molecule has 0 saturated carbocycles. The predicted molar refractivity (Wildman–Crippen MR) is 125 cm³/mol. The molecule has 0 atom stereocenters. The van der Waals surface area contributed by atoms with E-state index < -0.39 is 31.6 Å². The topological polar surface area (TPSA) is 192 Å². The zero-order valence-corrected chi connectivity index (χ0v) is 21.1. The van der Waals surface area contributed by atoms with Gasteiger partial charge < -0.3 is 14.8 Å². The average Bonchev–Trinajstić information content (AvgIpc) is 2.80. The molecule has 14 nitrogen and oxygen atoms in total. The first kappa shape index (κ1) is 28.7. The van der Waals surface area contributed by atoms with Crippen LogP contribution >= 0.6 is 12.3 Å². The van der Waals surface area contributed by atoms with Crippen LogP contribution in [0.1, 0.15) is 5.56 Å². The van der Waals surface area contributed by atoms with E-state index in [1.807, 2.05) is 0 Å². The van der Waals surface area contributed by atoms with Crippen LogP contribution in [0, 0.1) is 6.92 Å². The molecule has 0 aromatic heterocycles. The lowest BCUT2D eigenvalue weighted by molar-refractivity contribution is -0.434. The van der Waals surface area contributed by atoms with Crippen LogP contribution in [-0.2, 0) is 33.5 Å². The second kappa shape index (κ2) is 13.0. The molecule has 0 aliphatic carbocycles. The molecular formula is C18H23N3O11S3. The van der Waals surface area contributed by atoms with Gasteiger partial charge in [0.05, 0.1) is 32.3 Å². The van der Waals surface area contributed by atoms with Crippen LogP contribution in [-0.4, -0.2) is 59.1 Å². The fraction of sp³-hybridized carbons (Fsp3) is 0.333. The van der Waals surface area contributed by atoms with Gasteiger partial charge in [-0.15, -0.1) is 9.45 Å². The third-order valence-electron chi connectivity index (χ3n) is 4.26. The maximum Gasteiger partial charge on any atom is 0.283 e. The number of rotatable bonds is 14. The van der Waals surface area contributed by atoms with Crippen molar-refractivity contribution in [3.8, 4) is 11.5 Å². The van der Waals surface area contributed by atoms with Gasteiger partial charge in [-0.05, 0) is 30.7 Å². The summed E-state index contributed by atoms with van der Waals surface area (Å²) in [6.07, 6.45) is 0. The fourth-order valence-corrected chi connectivity index (χ4v) is 4.58. The fourth-order valence-electron chi connectivity index (χ4n) is 2.65. The van der Waals surface area contributed by atoms with Crippen LogP contribution in [0.15, 0.2) is 45.5 Å². The van der Waals surface area contributed by atoms with Gasteiger partial charge >= 0.3 is 0 Å². The summed E-state index contributed by atoms with van der Waals surface area (Å²) < 4.78 is 75.4. The second-order valence-electron chi connectivity index (χ2n) is 6.63. The van der Waals surface area contributed by atoms with E-state index in [0.29, 0.717) is 16.9 Å². The number of ether oxygens (including phenoxy) is 2. The SMILES string of the molecule is COc1cc(S(=O)(=O)CCOSOOO)c(OC)cc1/N=N/c1ccc(NCS(=O)(=O)O)cc1C. The summed E-state index contributed by atoms with van der Waals surface area (Å²) in [7, 11) is -5.42. The molecule has 0 amide bonds. The zero-order chi connectivity index (χ0) is 26.1. The molecule has 0 heterocycles. The number of nitrogens with one attached hydrogen (secondary N) is 1. The second-order valence-corrected chi connectivity index (χ2v) is 10.7. The van der Waals surface area contributed by atoms with Crippen LogP contribution < -0.4 is 14.8 Å². The largest absolute Gasteiger partial charge is 0.495 e. The molecule has 0 unspecified atom stereocenters. The number of aryl methyl sites for hydroxylation is 1. The van der Waals surface area contributed by atoms with Gasteiger partial charge in [-0.25, -0.2) is 13.7 Å². The number of azo groups is 1. The van der Waals surface area contributed by atoms with Crippen LogP contribution in [0.3, 0.4) is 0 Å². The molecule has 0 aliphatic rings. The van der Waals surface area contributed by atoms with E-state index in [1.165, 1.54) is 26.4 Å². The summed E-state index contributed by atoms with van der Waals surface area (Å²) in [4.78, 5) is -0.158. The smallest absolute Gasteiger partial charge is 0.283 e. The van der Waals surface area contributed by atoms with Gasteiger partial charge in [-0.1, -0.05) is 5.04 Å². The predicted octanol–water partition coefficient (Wildman–Crippen LogP) is 3.46. The van der Waals surface area contributed by atoms with Crippen molar-refractivity contribution in [2.24, 2.45) is 10.2 Å². The van der Waals surface area contributed by atoms with Gasteiger partial charge in [0.2, 0.25) is 0 Å². The monoisotopic (exact) mass is 553 g/mol. The minimum absolute atomic E-state index is 0.00354. The summed E-state index contributed by atoms with van der Waals surface area (Å²) in [6.45, 7) is 1.44. The molecule has 0 fully saturated rings. The Balaban J connectivity index is 2.27. The van der Waals surface area contributed by atoms with E-state index in [1.54, 1.807) is 25.1 Å². The quantitative estimate of drug-likeness (QED) is 0.0770. The van der Waals surface area contributed by atoms with Gasteiger partial charge in [-0.2, -0.15) is 13.5 Å². The molecule has 2 aromatic rings. The van der Waals surface area contributed by atoms with Gasteiger partial charge in [0.15, 0.2) is 22.2 Å². The van der Waals surface area contributed by atoms with E-state index in [0.717, 1.165) is 0 Å². The highest BCUT2D eigenvalue weighted by molar-refractivity contribution is 7.91. The lowest BCUT2D eigenvalue weighted by Crippen LogP contribution is -2.12. The third kappa shape index (κ3) is 8.89. The highest BCUT2D eigenvalue weighted by Gasteiger charge is 2.23. The molecule has 2 aromatic carbocycles. The number of anilines is 1. The van der Waals surface area contributed by atoms with Crippen LogP contribution in [0.25, 0.3) is 0 Å². The number of nitrogens with zero attached hydrogens (tertiary/aromatic N) is 2. The maximum atomic E-state index is 12.7. The van der Waals surface area contributed by atoms with E-state index in [2.05, 4.69) is 24.9 Å². The Morgan fingerprint density at radius 2 is 1.69 bits per heavy atom. The summed E-state index contributed by atoms with van der Waals surface area (Å²) in [5, 5.41) is 22.2. The molecule has 35 heavy (non-hydrogen) atoms. The van der Waals surface area contributed by atoms with Crippen molar-refractivity contribution in [3.05, 3.63) is 35.9 Å². The van der Waals surface area contributed by atoms with Crippen molar-refractivity contribution >= 4 is 49.3 Å².